The molecule has 1 heterocycles. The third-order valence-electron chi connectivity index (χ3n) is 3.64. The third kappa shape index (κ3) is 3.24. The lowest BCUT2D eigenvalue weighted by molar-refractivity contribution is 0.403. The summed E-state index contributed by atoms with van der Waals surface area (Å²) in [5.41, 5.74) is 0.998. The van der Waals surface area contributed by atoms with Crippen LogP contribution >= 0.6 is 0 Å². The molecule has 1 saturated carbocycles. The van der Waals surface area contributed by atoms with E-state index < -0.39 is 10.0 Å². The first-order chi connectivity index (χ1) is 9.50. The maximum absolute atomic E-state index is 12.7. The van der Waals surface area contributed by atoms with Gasteiger partial charge in [0.15, 0.2) is 0 Å². The van der Waals surface area contributed by atoms with Crippen molar-refractivity contribution in [2.75, 3.05) is 13.1 Å². The summed E-state index contributed by atoms with van der Waals surface area (Å²) >= 11 is 0. The highest BCUT2D eigenvalue weighted by Gasteiger charge is 2.37. The molecule has 0 atom stereocenters. The minimum Gasteiger partial charge on any atom is -0.352 e. The molecule has 0 unspecified atom stereocenters. The van der Waals surface area contributed by atoms with Crippen LogP contribution in [0.25, 0.3) is 0 Å². The Hall–Kier alpha value is -0.850. The molecule has 1 aliphatic rings. The average molecular weight is 299 g/mol. The van der Waals surface area contributed by atoms with E-state index in [4.69, 9.17) is 0 Å². The van der Waals surface area contributed by atoms with Gasteiger partial charge in [-0.2, -0.15) is 4.31 Å². The van der Waals surface area contributed by atoms with Gasteiger partial charge in [0.05, 0.1) is 0 Å². The van der Waals surface area contributed by atoms with Gasteiger partial charge in [0.25, 0.3) is 0 Å². The van der Waals surface area contributed by atoms with Gasteiger partial charge in [-0.3, -0.25) is 0 Å². The highest BCUT2D eigenvalue weighted by molar-refractivity contribution is 7.89. The second kappa shape index (κ2) is 6.28. The van der Waals surface area contributed by atoms with E-state index in [2.05, 4.69) is 5.32 Å². The quantitative estimate of drug-likeness (QED) is 0.795. The summed E-state index contributed by atoms with van der Waals surface area (Å²) in [6.07, 6.45) is 4.58. The Balaban J connectivity index is 2.24. The maximum atomic E-state index is 12.7. The van der Waals surface area contributed by atoms with Crippen molar-refractivity contribution in [2.45, 2.75) is 50.6 Å². The first-order valence-electron chi connectivity index (χ1n) is 7.38. The summed E-state index contributed by atoms with van der Waals surface area (Å²) in [7, 11) is -1.45. The Kier molecular flexibility index (Phi) is 4.88. The first kappa shape index (κ1) is 15.5. The molecule has 0 aromatic carbocycles. The molecular formula is C14H25N3O2S. The van der Waals surface area contributed by atoms with E-state index >= 15 is 0 Å². The fourth-order valence-electron chi connectivity index (χ4n) is 2.36. The highest BCUT2D eigenvalue weighted by Crippen LogP contribution is 2.32. The van der Waals surface area contributed by atoms with Gasteiger partial charge in [-0.05, 0) is 31.9 Å². The molecule has 0 spiro atoms. The number of hydrogen-bond donors (Lipinski definition) is 1. The molecule has 0 amide bonds. The van der Waals surface area contributed by atoms with E-state index in [1.165, 1.54) is 0 Å². The third-order valence-corrected chi connectivity index (χ3v) is 5.56. The fourth-order valence-corrected chi connectivity index (χ4v) is 4.24. The summed E-state index contributed by atoms with van der Waals surface area (Å²) in [5, 5.41) is 3.23. The van der Waals surface area contributed by atoms with Gasteiger partial charge in [0.1, 0.15) is 4.90 Å². The molecule has 0 radical (unpaired) electrons. The van der Waals surface area contributed by atoms with E-state index in [0.717, 1.165) is 31.5 Å². The Morgan fingerprint density at radius 1 is 1.40 bits per heavy atom. The second-order valence-corrected chi connectivity index (χ2v) is 7.30. The molecule has 114 valence electrons. The SMILES string of the molecule is CCCN(C1CC1)S(=O)(=O)c1cc(CNCC)n(C)c1. The van der Waals surface area contributed by atoms with Gasteiger partial charge in [-0.25, -0.2) is 8.42 Å². The van der Waals surface area contributed by atoms with Crippen LogP contribution in [0.15, 0.2) is 17.2 Å². The molecule has 20 heavy (non-hydrogen) atoms. The highest BCUT2D eigenvalue weighted by atomic mass is 32.2. The number of aryl methyl sites for hydroxylation is 1. The molecule has 1 aliphatic carbocycles. The van der Waals surface area contributed by atoms with Crippen molar-refractivity contribution in [1.82, 2.24) is 14.2 Å². The zero-order valence-electron chi connectivity index (χ0n) is 12.6. The van der Waals surface area contributed by atoms with Gasteiger partial charge in [-0.15, -0.1) is 0 Å². The van der Waals surface area contributed by atoms with Crippen molar-refractivity contribution in [1.29, 1.82) is 0 Å². The monoisotopic (exact) mass is 299 g/mol. The van der Waals surface area contributed by atoms with Crippen molar-refractivity contribution in [3.63, 3.8) is 0 Å². The van der Waals surface area contributed by atoms with Crippen LogP contribution in [0.4, 0.5) is 0 Å². The van der Waals surface area contributed by atoms with Gasteiger partial charge in [0.2, 0.25) is 10.0 Å². The molecular weight excluding hydrogens is 274 g/mol. The standard InChI is InChI=1S/C14H25N3O2S/c1-4-8-17(12-6-7-12)20(18,19)14-9-13(10-15-5-2)16(3)11-14/h9,11-12,15H,4-8,10H2,1-3H3. The van der Waals surface area contributed by atoms with Crippen molar-refractivity contribution in [3.8, 4) is 0 Å². The van der Waals surface area contributed by atoms with Gasteiger partial charge in [0, 0.05) is 38.1 Å². The number of sulfonamides is 1. The van der Waals surface area contributed by atoms with E-state index in [-0.39, 0.29) is 6.04 Å². The largest absolute Gasteiger partial charge is 0.352 e. The van der Waals surface area contributed by atoms with Gasteiger partial charge < -0.3 is 9.88 Å². The van der Waals surface area contributed by atoms with Crippen LogP contribution in [-0.2, 0) is 23.6 Å². The number of hydrogen-bond acceptors (Lipinski definition) is 3. The number of aromatic nitrogens is 1. The molecule has 6 heteroatoms. The minimum atomic E-state index is -3.34. The van der Waals surface area contributed by atoms with Crippen LogP contribution in [-0.4, -0.2) is 36.4 Å². The van der Waals surface area contributed by atoms with Crippen LogP contribution in [0.1, 0.15) is 38.8 Å². The smallest absolute Gasteiger partial charge is 0.244 e. The predicted molar refractivity (Wildman–Crippen MR) is 80.0 cm³/mol. The van der Waals surface area contributed by atoms with Gasteiger partial charge >= 0.3 is 0 Å². The number of rotatable bonds is 8. The van der Waals surface area contributed by atoms with Crippen LogP contribution in [0.5, 0.6) is 0 Å². The Labute approximate surface area is 122 Å². The van der Waals surface area contributed by atoms with Crippen molar-refractivity contribution in [2.24, 2.45) is 7.05 Å². The fraction of sp³-hybridized carbons (Fsp3) is 0.714. The molecule has 2 rings (SSSR count). The molecule has 0 aliphatic heterocycles. The zero-order valence-corrected chi connectivity index (χ0v) is 13.4. The van der Waals surface area contributed by atoms with Crippen molar-refractivity contribution < 1.29 is 8.42 Å². The Morgan fingerprint density at radius 2 is 2.10 bits per heavy atom. The van der Waals surface area contributed by atoms with Crippen LogP contribution in [0.2, 0.25) is 0 Å². The topological polar surface area (TPSA) is 54.3 Å². The molecule has 1 aromatic heterocycles. The molecule has 1 N–H and O–H groups in total. The summed E-state index contributed by atoms with van der Waals surface area (Å²) in [6, 6.07) is 2.01. The number of nitrogens with zero attached hydrogens (tertiary/aromatic N) is 2. The average Bonchev–Trinajstić information content (AvgIpc) is 3.16. The normalized spacial score (nSPS) is 16.0. The van der Waals surface area contributed by atoms with Crippen LogP contribution in [0, 0.1) is 0 Å². The summed E-state index contributed by atoms with van der Waals surface area (Å²) in [5.74, 6) is 0. The predicted octanol–water partition coefficient (Wildman–Crippen LogP) is 1.70. The molecule has 5 nitrogen and oxygen atoms in total. The zero-order chi connectivity index (χ0) is 14.8. The first-order valence-corrected chi connectivity index (χ1v) is 8.82. The van der Waals surface area contributed by atoms with E-state index in [0.29, 0.717) is 18.0 Å². The number of nitrogens with one attached hydrogen (secondary N) is 1. The lowest BCUT2D eigenvalue weighted by Gasteiger charge is -2.20. The maximum Gasteiger partial charge on any atom is 0.244 e. The Morgan fingerprint density at radius 3 is 2.65 bits per heavy atom. The van der Waals surface area contributed by atoms with Crippen molar-refractivity contribution in [3.05, 3.63) is 18.0 Å². The van der Waals surface area contributed by atoms with Crippen LogP contribution < -0.4 is 5.32 Å². The van der Waals surface area contributed by atoms with Crippen LogP contribution in [0.3, 0.4) is 0 Å². The van der Waals surface area contributed by atoms with E-state index in [1.807, 2.05) is 25.5 Å². The van der Waals surface area contributed by atoms with E-state index in [1.54, 1.807) is 16.6 Å². The molecule has 1 aromatic rings. The second-order valence-electron chi connectivity index (χ2n) is 5.41. The van der Waals surface area contributed by atoms with E-state index in [9.17, 15) is 8.42 Å². The van der Waals surface area contributed by atoms with Gasteiger partial charge in [-0.1, -0.05) is 13.8 Å². The summed E-state index contributed by atoms with van der Waals surface area (Å²) in [4.78, 5) is 0.424. The minimum absolute atomic E-state index is 0.220. The van der Waals surface area contributed by atoms with Crippen molar-refractivity contribution >= 4 is 10.0 Å². The lowest BCUT2D eigenvalue weighted by atomic mass is 10.4. The molecule has 0 saturated heterocycles. The Bertz CT molecular complexity index is 547. The molecule has 0 bridgehead atoms. The summed E-state index contributed by atoms with van der Waals surface area (Å²) < 4.78 is 29.0. The summed E-state index contributed by atoms with van der Waals surface area (Å²) in [6.45, 7) is 6.24. The lowest BCUT2D eigenvalue weighted by Crippen LogP contribution is -2.33. The molecule has 1 fully saturated rings.